The normalized spacial score (nSPS) is 16.8. The van der Waals surface area contributed by atoms with Crippen LogP contribution in [0.5, 0.6) is 5.75 Å². The monoisotopic (exact) mass is 335 g/mol. The minimum absolute atomic E-state index is 0.201. The van der Waals surface area contributed by atoms with Crippen molar-refractivity contribution in [2.45, 2.75) is 6.92 Å². The van der Waals surface area contributed by atoms with Gasteiger partial charge in [0.05, 0.1) is 4.91 Å². The van der Waals surface area contributed by atoms with Crippen molar-refractivity contribution in [3.63, 3.8) is 0 Å². The van der Waals surface area contributed by atoms with Crippen LogP contribution in [0.4, 0.5) is 0 Å². The standard InChI is InChI=1S/C15H13NO4S2/c1-9(13-14(19)16-15(21)22-13)6-7-10-4-2-3-5-11(10)20-8-12(17)18/h2-7H,8H2,1H3,(H,17,18)(H,16,19,21)/b7-6+,13-9+. The van der Waals surface area contributed by atoms with E-state index in [4.69, 9.17) is 22.1 Å². The summed E-state index contributed by atoms with van der Waals surface area (Å²) in [7, 11) is 0. The Kier molecular flexibility index (Phi) is 5.35. The van der Waals surface area contributed by atoms with Crippen LogP contribution in [-0.4, -0.2) is 27.9 Å². The van der Waals surface area contributed by atoms with E-state index in [1.807, 2.05) is 13.0 Å². The molecule has 0 aliphatic carbocycles. The number of aliphatic carboxylic acids is 1. The van der Waals surface area contributed by atoms with Crippen LogP contribution in [0.3, 0.4) is 0 Å². The SMILES string of the molecule is CC(/C=C/c1ccccc1OCC(=O)O)=C1\SC(=S)NC1=O. The van der Waals surface area contributed by atoms with E-state index in [9.17, 15) is 9.59 Å². The number of thiocarbonyl (C=S) groups is 1. The van der Waals surface area contributed by atoms with Crippen molar-refractivity contribution in [3.05, 3.63) is 46.4 Å². The summed E-state index contributed by atoms with van der Waals surface area (Å²) in [6.07, 6.45) is 3.55. The molecule has 2 rings (SSSR count). The highest BCUT2D eigenvalue weighted by molar-refractivity contribution is 8.26. The molecule has 1 amide bonds. The van der Waals surface area contributed by atoms with E-state index in [0.29, 0.717) is 15.0 Å². The highest BCUT2D eigenvalue weighted by Crippen LogP contribution is 2.28. The quantitative estimate of drug-likeness (QED) is 0.636. The third kappa shape index (κ3) is 4.19. The predicted molar refractivity (Wildman–Crippen MR) is 89.6 cm³/mol. The second-order valence-corrected chi connectivity index (χ2v) is 6.10. The van der Waals surface area contributed by atoms with E-state index < -0.39 is 12.6 Å². The second kappa shape index (κ2) is 7.24. The zero-order valence-electron chi connectivity index (χ0n) is 11.7. The number of amides is 1. The number of nitrogens with one attached hydrogen (secondary N) is 1. The summed E-state index contributed by atoms with van der Waals surface area (Å²) >= 11 is 6.17. The van der Waals surface area contributed by atoms with E-state index in [1.54, 1.807) is 30.4 Å². The molecule has 5 nitrogen and oxygen atoms in total. The van der Waals surface area contributed by atoms with E-state index in [2.05, 4.69) is 5.32 Å². The van der Waals surface area contributed by atoms with Gasteiger partial charge < -0.3 is 15.2 Å². The van der Waals surface area contributed by atoms with Crippen molar-refractivity contribution in [2.75, 3.05) is 6.61 Å². The van der Waals surface area contributed by atoms with Crippen molar-refractivity contribution < 1.29 is 19.4 Å². The van der Waals surface area contributed by atoms with Crippen LogP contribution < -0.4 is 10.1 Å². The Balaban J connectivity index is 2.20. The minimum Gasteiger partial charge on any atom is -0.481 e. The number of carboxylic acid groups (broad SMARTS) is 1. The maximum Gasteiger partial charge on any atom is 0.341 e. The van der Waals surface area contributed by atoms with Crippen LogP contribution in [0.2, 0.25) is 0 Å². The summed E-state index contributed by atoms with van der Waals surface area (Å²) in [6.45, 7) is 1.41. The number of thioether (sulfide) groups is 1. The highest BCUT2D eigenvalue weighted by Gasteiger charge is 2.23. The number of para-hydroxylation sites is 1. The third-order valence-corrected chi connectivity index (χ3v) is 4.11. The topological polar surface area (TPSA) is 75.6 Å². The molecule has 7 heteroatoms. The van der Waals surface area contributed by atoms with Gasteiger partial charge in [0.25, 0.3) is 5.91 Å². The number of benzene rings is 1. The van der Waals surface area contributed by atoms with Crippen LogP contribution in [0.15, 0.2) is 40.8 Å². The van der Waals surface area contributed by atoms with Gasteiger partial charge in [0, 0.05) is 5.56 Å². The molecule has 0 spiro atoms. The number of carboxylic acids is 1. The molecule has 1 aliphatic heterocycles. The molecule has 0 unspecified atom stereocenters. The second-order valence-electron chi connectivity index (χ2n) is 4.41. The lowest BCUT2D eigenvalue weighted by atomic mass is 10.1. The number of rotatable bonds is 5. The van der Waals surface area contributed by atoms with Gasteiger partial charge in [-0.05, 0) is 18.6 Å². The molecule has 1 fully saturated rings. The molecular weight excluding hydrogens is 322 g/mol. The molecule has 0 atom stereocenters. The largest absolute Gasteiger partial charge is 0.481 e. The molecule has 1 saturated heterocycles. The number of hydrogen-bond acceptors (Lipinski definition) is 5. The zero-order valence-corrected chi connectivity index (χ0v) is 13.3. The summed E-state index contributed by atoms with van der Waals surface area (Å²) in [5, 5.41) is 11.2. The molecule has 114 valence electrons. The maximum absolute atomic E-state index is 11.7. The Bertz CT molecular complexity index is 695. The summed E-state index contributed by atoms with van der Waals surface area (Å²) in [5.74, 6) is -0.768. The highest BCUT2D eigenvalue weighted by atomic mass is 32.2. The number of carbonyl (C=O) groups is 2. The van der Waals surface area contributed by atoms with Crippen molar-refractivity contribution >= 4 is 46.3 Å². The van der Waals surface area contributed by atoms with Crippen LogP contribution in [0, 0.1) is 0 Å². The van der Waals surface area contributed by atoms with Gasteiger partial charge in [-0.1, -0.05) is 54.3 Å². The third-order valence-electron chi connectivity index (χ3n) is 2.76. The molecule has 22 heavy (non-hydrogen) atoms. The minimum atomic E-state index is -1.04. The van der Waals surface area contributed by atoms with E-state index in [0.717, 1.165) is 11.1 Å². The van der Waals surface area contributed by atoms with Crippen molar-refractivity contribution in [3.8, 4) is 5.75 Å². The summed E-state index contributed by atoms with van der Waals surface area (Å²) < 4.78 is 5.66. The predicted octanol–water partition coefficient (Wildman–Crippen LogP) is 2.59. The molecule has 1 aliphatic rings. The smallest absolute Gasteiger partial charge is 0.341 e. The van der Waals surface area contributed by atoms with Gasteiger partial charge in [0.15, 0.2) is 6.61 Å². The first kappa shape index (κ1) is 16.3. The summed E-state index contributed by atoms with van der Waals surface area (Å²) in [4.78, 5) is 22.8. The average molecular weight is 335 g/mol. The lowest BCUT2D eigenvalue weighted by molar-refractivity contribution is -0.139. The lowest BCUT2D eigenvalue weighted by Gasteiger charge is -2.06. The van der Waals surface area contributed by atoms with Crippen LogP contribution in [0.25, 0.3) is 6.08 Å². The lowest BCUT2D eigenvalue weighted by Crippen LogP contribution is -2.18. The molecule has 0 bridgehead atoms. The Morgan fingerprint density at radius 2 is 2.18 bits per heavy atom. The van der Waals surface area contributed by atoms with Crippen molar-refractivity contribution in [1.82, 2.24) is 5.32 Å². The van der Waals surface area contributed by atoms with Crippen molar-refractivity contribution in [1.29, 1.82) is 0 Å². The molecule has 1 heterocycles. The van der Waals surface area contributed by atoms with Crippen LogP contribution in [-0.2, 0) is 9.59 Å². The molecular formula is C15H13NO4S2. The van der Waals surface area contributed by atoms with E-state index in [-0.39, 0.29) is 5.91 Å². The first-order valence-electron chi connectivity index (χ1n) is 6.33. The summed E-state index contributed by atoms with van der Waals surface area (Å²) in [6, 6.07) is 7.08. The molecule has 1 aromatic rings. The van der Waals surface area contributed by atoms with Gasteiger partial charge in [0.2, 0.25) is 0 Å². The van der Waals surface area contributed by atoms with Gasteiger partial charge in [-0.15, -0.1) is 0 Å². The first-order chi connectivity index (χ1) is 10.5. The number of carbonyl (C=O) groups excluding carboxylic acids is 1. The summed E-state index contributed by atoms with van der Waals surface area (Å²) in [5.41, 5.74) is 1.50. The first-order valence-corrected chi connectivity index (χ1v) is 7.55. The van der Waals surface area contributed by atoms with Crippen LogP contribution >= 0.6 is 24.0 Å². The number of hydrogen-bond donors (Lipinski definition) is 2. The molecule has 2 N–H and O–H groups in total. The number of allylic oxidation sites excluding steroid dienone is 2. The van der Waals surface area contributed by atoms with Gasteiger partial charge >= 0.3 is 5.97 Å². The Labute approximate surface area is 137 Å². The fourth-order valence-corrected chi connectivity index (χ4v) is 2.80. The Hall–Kier alpha value is -2.12. The average Bonchev–Trinajstić information content (AvgIpc) is 2.82. The Morgan fingerprint density at radius 1 is 1.45 bits per heavy atom. The van der Waals surface area contributed by atoms with Gasteiger partial charge in [-0.2, -0.15) is 0 Å². The fraction of sp³-hybridized carbons (Fsp3) is 0.133. The van der Waals surface area contributed by atoms with Gasteiger partial charge in [0.1, 0.15) is 10.1 Å². The van der Waals surface area contributed by atoms with Gasteiger partial charge in [-0.25, -0.2) is 4.79 Å². The van der Waals surface area contributed by atoms with Crippen LogP contribution in [0.1, 0.15) is 12.5 Å². The van der Waals surface area contributed by atoms with Gasteiger partial charge in [-0.3, -0.25) is 4.79 Å². The Morgan fingerprint density at radius 3 is 2.82 bits per heavy atom. The fourth-order valence-electron chi connectivity index (χ4n) is 1.75. The van der Waals surface area contributed by atoms with Crippen molar-refractivity contribution in [2.24, 2.45) is 0 Å². The molecule has 0 radical (unpaired) electrons. The zero-order chi connectivity index (χ0) is 16.1. The molecule has 0 saturated carbocycles. The van der Waals surface area contributed by atoms with E-state index in [1.165, 1.54) is 11.8 Å². The molecule has 1 aromatic carbocycles. The van der Waals surface area contributed by atoms with E-state index >= 15 is 0 Å². The number of ether oxygens (including phenoxy) is 1. The molecule has 0 aromatic heterocycles. The maximum atomic E-state index is 11.7.